The average Bonchev–Trinajstić information content (AvgIpc) is 2.81. The summed E-state index contributed by atoms with van der Waals surface area (Å²) in [7, 11) is 1.80. The SMILES string of the molecule is CCOC(=O)c1cnn(C)c1CN1CCCC(C(N)=O)C1. The fourth-order valence-corrected chi connectivity index (χ4v) is 2.67. The molecule has 1 saturated heterocycles. The maximum Gasteiger partial charge on any atom is 0.341 e. The number of hydrogen-bond acceptors (Lipinski definition) is 5. The van der Waals surface area contributed by atoms with E-state index in [1.807, 2.05) is 0 Å². The van der Waals surface area contributed by atoms with Crippen molar-refractivity contribution in [3.05, 3.63) is 17.5 Å². The molecule has 0 bridgehead atoms. The van der Waals surface area contributed by atoms with Crippen molar-refractivity contribution in [2.24, 2.45) is 18.7 Å². The maximum absolute atomic E-state index is 11.9. The molecule has 0 spiro atoms. The van der Waals surface area contributed by atoms with E-state index in [2.05, 4.69) is 10.00 Å². The van der Waals surface area contributed by atoms with E-state index in [0.29, 0.717) is 25.3 Å². The molecule has 2 heterocycles. The molecule has 1 fully saturated rings. The molecule has 1 aliphatic heterocycles. The lowest BCUT2D eigenvalue weighted by Gasteiger charge is -2.31. The monoisotopic (exact) mass is 294 g/mol. The van der Waals surface area contributed by atoms with Crippen LogP contribution < -0.4 is 5.73 Å². The van der Waals surface area contributed by atoms with Crippen LogP contribution in [0.2, 0.25) is 0 Å². The molecule has 1 amide bonds. The van der Waals surface area contributed by atoms with E-state index in [1.165, 1.54) is 6.20 Å². The number of hydrogen-bond donors (Lipinski definition) is 1. The lowest BCUT2D eigenvalue weighted by molar-refractivity contribution is -0.123. The van der Waals surface area contributed by atoms with Crippen LogP contribution in [-0.4, -0.2) is 46.3 Å². The third kappa shape index (κ3) is 3.60. The molecule has 1 aromatic heterocycles. The number of piperidine rings is 1. The summed E-state index contributed by atoms with van der Waals surface area (Å²) in [5.74, 6) is -0.725. The van der Waals surface area contributed by atoms with Gasteiger partial charge >= 0.3 is 5.97 Å². The first-order valence-corrected chi connectivity index (χ1v) is 7.22. The molecule has 1 aromatic rings. The quantitative estimate of drug-likeness (QED) is 0.788. The fourth-order valence-electron chi connectivity index (χ4n) is 2.67. The summed E-state index contributed by atoms with van der Waals surface area (Å²) < 4.78 is 6.73. The molecular weight excluding hydrogens is 272 g/mol. The van der Waals surface area contributed by atoms with Crippen molar-refractivity contribution in [1.29, 1.82) is 0 Å². The van der Waals surface area contributed by atoms with Gasteiger partial charge in [-0.25, -0.2) is 4.79 Å². The third-order valence-corrected chi connectivity index (χ3v) is 3.84. The van der Waals surface area contributed by atoms with Crippen molar-refractivity contribution >= 4 is 11.9 Å². The minimum absolute atomic E-state index is 0.113. The van der Waals surface area contributed by atoms with Crippen molar-refractivity contribution in [3.63, 3.8) is 0 Å². The molecule has 116 valence electrons. The van der Waals surface area contributed by atoms with Crippen LogP contribution in [0.5, 0.6) is 0 Å². The van der Waals surface area contributed by atoms with Crippen LogP contribution in [0.3, 0.4) is 0 Å². The number of nitrogens with zero attached hydrogens (tertiary/aromatic N) is 3. The van der Waals surface area contributed by atoms with Gasteiger partial charge in [-0.15, -0.1) is 0 Å². The van der Waals surface area contributed by atoms with Crippen LogP contribution in [0.25, 0.3) is 0 Å². The second kappa shape index (κ2) is 6.71. The van der Waals surface area contributed by atoms with Gasteiger partial charge in [0, 0.05) is 20.1 Å². The Balaban J connectivity index is 2.10. The first-order chi connectivity index (χ1) is 10.0. The summed E-state index contributed by atoms with van der Waals surface area (Å²) in [6.45, 7) is 4.19. The molecule has 21 heavy (non-hydrogen) atoms. The molecule has 1 atom stereocenters. The smallest absolute Gasteiger partial charge is 0.341 e. The zero-order valence-electron chi connectivity index (χ0n) is 12.5. The van der Waals surface area contributed by atoms with E-state index in [1.54, 1.807) is 18.7 Å². The highest BCUT2D eigenvalue weighted by Gasteiger charge is 2.26. The first-order valence-electron chi connectivity index (χ1n) is 7.22. The van der Waals surface area contributed by atoms with Gasteiger partial charge in [-0.2, -0.15) is 5.10 Å². The number of amides is 1. The van der Waals surface area contributed by atoms with Crippen LogP contribution in [0, 0.1) is 5.92 Å². The summed E-state index contributed by atoms with van der Waals surface area (Å²) in [6.07, 6.45) is 3.30. The molecular formula is C14H22N4O3. The maximum atomic E-state index is 11.9. The van der Waals surface area contributed by atoms with Gasteiger partial charge < -0.3 is 10.5 Å². The van der Waals surface area contributed by atoms with Gasteiger partial charge in [-0.3, -0.25) is 14.4 Å². The number of ether oxygens (including phenoxy) is 1. The third-order valence-electron chi connectivity index (χ3n) is 3.84. The molecule has 7 heteroatoms. The molecule has 0 radical (unpaired) electrons. The number of esters is 1. The van der Waals surface area contributed by atoms with Crippen LogP contribution in [0.15, 0.2) is 6.20 Å². The Labute approximate surface area is 124 Å². The van der Waals surface area contributed by atoms with Crippen molar-refractivity contribution in [1.82, 2.24) is 14.7 Å². The van der Waals surface area contributed by atoms with Crippen LogP contribution in [0.4, 0.5) is 0 Å². The minimum Gasteiger partial charge on any atom is -0.462 e. The van der Waals surface area contributed by atoms with Crippen LogP contribution in [-0.2, 0) is 23.1 Å². The predicted molar refractivity (Wildman–Crippen MR) is 76.4 cm³/mol. The topological polar surface area (TPSA) is 90.4 Å². The Kier molecular flexibility index (Phi) is 4.95. The number of likely N-dealkylation sites (tertiary alicyclic amines) is 1. The summed E-state index contributed by atoms with van der Waals surface area (Å²) in [4.78, 5) is 25.4. The Morgan fingerprint density at radius 2 is 2.29 bits per heavy atom. The number of aromatic nitrogens is 2. The Morgan fingerprint density at radius 1 is 1.52 bits per heavy atom. The zero-order valence-corrected chi connectivity index (χ0v) is 12.5. The van der Waals surface area contributed by atoms with Crippen LogP contribution >= 0.6 is 0 Å². The number of carbonyl (C=O) groups excluding carboxylic acids is 2. The van der Waals surface area contributed by atoms with Gasteiger partial charge in [0.05, 0.1) is 24.4 Å². The van der Waals surface area contributed by atoms with Crippen molar-refractivity contribution in [3.8, 4) is 0 Å². The molecule has 1 unspecified atom stereocenters. The van der Waals surface area contributed by atoms with E-state index >= 15 is 0 Å². The number of primary amides is 1. The average molecular weight is 294 g/mol. The molecule has 2 rings (SSSR count). The van der Waals surface area contributed by atoms with E-state index in [4.69, 9.17) is 10.5 Å². The number of rotatable bonds is 5. The fraction of sp³-hybridized carbons (Fsp3) is 0.643. The van der Waals surface area contributed by atoms with Gasteiger partial charge in [-0.1, -0.05) is 0 Å². The molecule has 1 aliphatic rings. The van der Waals surface area contributed by atoms with Gasteiger partial charge in [0.15, 0.2) is 0 Å². The lowest BCUT2D eigenvalue weighted by atomic mass is 9.97. The van der Waals surface area contributed by atoms with Gasteiger partial charge in [0.1, 0.15) is 5.56 Å². The van der Waals surface area contributed by atoms with Crippen molar-refractivity contribution < 1.29 is 14.3 Å². The van der Waals surface area contributed by atoms with Gasteiger partial charge in [0.25, 0.3) is 0 Å². The second-order valence-corrected chi connectivity index (χ2v) is 5.33. The molecule has 0 aromatic carbocycles. The molecule has 7 nitrogen and oxygen atoms in total. The highest BCUT2D eigenvalue weighted by molar-refractivity contribution is 5.90. The minimum atomic E-state index is -0.357. The van der Waals surface area contributed by atoms with Gasteiger partial charge in [0.2, 0.25) is 5.91 Å². The largest absolute Gasteiger partial charge is 0.462 e. The zero-order chi connectivity index (χ0) is 15.4. The van der Waals surface area contributed by atoms with E-state index in [9.17, 15) is 9.59 Å². The number of aryl methyl sites for hydroxylation is 1. The van der Waals surface area contributed by atoms with E-state index in [-0.39, 0.29) is 17.8 Å². The summed E-state index contributed by atoms with van der Waals surface area (Å²) in [5, 5.41) is 4.14. The first kappa shape index (κ1) is 15.5. The molecule has 2 N–H and O–H groups in total. The highest BCUT2D eigenvalue weighted by Crippen LogP contribution is 2.20. The number of carbonyl (C=O) groups is 2. The van der Waals surface area contributed by atoms with Crippen molar-refractivity contribution in [2.45, 2.75) is 26.3 Å². The number of nitrogens with two attached hydrogens (primary N) is 1. The summed E-state index contributed by atoms with van der Waals surface area (Å²) >= 11 is 0. The summed E-state index contributed by atoms with van der Waals surface area (Å²) in [6, 6.07) is 0. The highest BCUT2D eigenvalue weighted by atomic mass is 16.5. The lowest BCUT2D eigenvalue weighted by Crippen LogP contribution is -2.41. The van der Waals surface area contributed by atoms with E-state index < -0.39 is 0 Å². The Morgan fingerprint density at radius 3 is 2.95 bits per heavy atom. The normalized spacial score (nSPS) is 19.4. The molecule has 0 saturated carbocycles. The van der Waals surface area contributed by atoms with Gasteiger partial charge in [-0.05, 0) is 26.3 Å². The van der Waals surface area contributed by atoms with Crippen LogP contribution in [0.1, 0.15) is 35.8 Å². The summed E-state index contributed by atoms with van der Waals surface area (Å²) in [5.41, 5.74) is 6.68. The second-order valence-electron chi connectivity index (χ2n) is 5.33. The molecule has 0 aliphatic carbocycles. The van der Waals surface area contributed by atoms with E-state index in [0.717, 1.165) is 25.1 Å². The Hall–Kier alpha value is -1.89. The predicted octanol–water partition coefficient (Wildman–Crippen LogP) is 0.294. The Bertz CT molecular complexity index is 526. The van der Waals surface area contributed by atoms with Crippen molar-refractivity contribution in [2.75, 3.05) is 19.7 Å². The standard InChI is InChI=1S/C14H22N4O3/c1-3-21-14(20)11-7-16-17(2)12(11)9-18-6-4-5-10(8-18)13(15)19/h7,10H,3-6,8-9H2,1-2H3,(H2,15,19).